The van der Waals surface area contributed by atoms with Gasteiger partial charge in [-0.25, -0.2) is 0 Å². The van der Waals surface area contributed by atoms with Crippen LogP contribution in [0.1, 0.15) is 30.3 Å². The van der Waals surface area contributed by atoms with E-state index in [9.17, 15) is 4.79 Å². The van der Waals surface area contributed by atoms with Crippen LogP contribution in [0.15, 0.2) is 24.3 Å². The molecule has 1 aromatic heterocycles. The molecule has 0 saturated carbocycles. The minimum absolute atomic E-state index is 0.00984. The predicted molar refractivity (Wildman–Crippen MR) is 70.2 cm³/mol. The summed E-state index contributed by atoms with van der Waals surface area (Å²) < 4.78 is 0. The third-order valence-electron chi connectivity index (χ3n) is 2.90. The number of nitrogens with one attached hydrogen (secondary N) is 2. The van der Waals surface area contributed by atoms with E-state index in [1.165, 1.54) is 11.1 Å². The Morgan fingerprint density at radius 1 is 1.26 bits per heavy atom. The molecule has 2 aromatic rings. The number of carbonyl (C=O) groups excluding carboxylic acids is 1. The second kappa shape index (κ2) is 6.63. The number of aromatic amines is 1. The van der Waals surface area contributed by atoms with Crippen molar-refractivity contribution in [1.29, 1.82) is 0 Å². The first-order chi connectivity index (χ1) is 9.28. The Labute approximate surface area is 111 Å². The minimum Gasteiger partial charge on any atom is -0.349 e. The lowest BCUT2D eigenvalue weighted by molar-refractivity contribution is -0.121. The van der Waals surface area contributed by atoms with E-state index in [4.69, 9.17) is 0 Å². The minimum atomic E-state index is -0.00984. The van der Waals surface area contributed by atoms with E-state index in [1.54, 1.807) is 0 Å². The molecule has 0 spiro atoms. The highest BCUT2D eigenvalue weighted by atomic mass is 16.1. The fraction of sp³-hybridized carbons (Fsp3) is 0.385. The van der Waals surface area contributed by atoms with Crippen LogP contribution in [0.25, 0.3) is 0 Å². The third-order valence-corrected chi connectivity index (χ3v) is 2.90. The Balaban J connectivity index is 1.73. The number of aromatic nitrogens is 4. The first-order valence-corrected chi connectivity index (χ1v) is 6.34. The van der Waals surface area contributed by atoms with Crippen molar-refractivity contribution >= 4 is 5.91 Å². The van der Waals surface area contributed by atoms with E-state index in [2.05, 4.69) is 57.1 Å². The second-order valence-electron chi connectivity index (χ2n) is 4.27. The average molecular weight is 259 g/mol. The molecule has 0 unspecified atom stereocenters. The molecular formula is C13H17N5O. The van der Waals surface area contributed by atoms with Crippen LogP contribution in [0.4, 0.5) is 0 Å². The molecule has 1 aromatic carbocycles. The number of H-pyrrole nitrogens is 1. The zero-order valence-corrected chi connectivity index (χ0v) is 10.9. The lowest BCUT2D eigenvalue weighted by Crippen LogP contribution is -2.23. The van der Waals surface area contributed by atoms with Crippen molar-refractivity contribution in [2.75, 3.05) is 0 Å². The number of hydrogen-bond donors (Lipinski definition) is 2. The zero-order chi connectivity index (χ0) is 13.5. The highest BCUT2D eigenvalue weighted by Crippen LogP contribution is 2.07. The van der Waals surface area contributed by atoms with Gasteiger partial charge in [0.25, 0.3) is 0 Å². The molecule has 0 radical (unpaired) electrons. The fourth-order valence-corrected chi connectivity index (χ4v) is 1.72. The lowest BCUT2D eigenvalue weighted by Gasteiger charge is -2.04. The smallest absolute Gasteiger partial charge is 0.220 e. The van der Waals surface area contributed by atoms with Crippen LogP contribution in [0.5, 0.6) is 0 Å². The Morgan fingerprint density at radius 3 is 2.63 bits per heavy atom. The summed E-state index contributed by atoms with van der Waals surface area (Å²) in [4.78, 5) is 11.6. The Bertz CT molecular complexity index is 506. The largest absolute Gasteiger partial charge is 0.349 e. The SMILES string of the molecule is CCc1ccc(CCC(=O)NCc2nn[nH]n2)cc1. The third kappa shape index (κ3) is 4.17. The first-order valence-electron chi connectivity index (χ1n) is 6.34. The van der Waals surface area contributed by atoms with Gasteiger partial charge in [-0.3, -0.25) is 4.79 Å². The van der Waals surface area contributed by atoms with E-state index in [0.717, 1.165) is 12.8 Å². The highest BCUT2D eigenvalue weighted by Gasteiger charge is 2.04. The number of aryl methyl sites for hydroxylation is 2. The van der Waals surface area contributed by atoms with E-state index >= 15 is 0 Å². The van der Waals surface area contributed by atoms with Crippen molar-refractivity contribution in [2.24, 2.45) is 0 Å². The normalized spacial score (nSPS) is 10.4. The van der Waals surface area contributed by atoms with Gasteiger partial charge in [0.1, 0.15) is 0 Å². The Kier molecular flexibility index (Phi) is 4.60. The number of hydrogen-bond acceptors (Lipinski definition) is 4. The van der Waals surface area contributed by atoms with Gasteiger partial charge >= 0.3 is 0 Å². The number of amides is 1. The summed E-state index contributed by atoms with van der Waals surface area (Å²) in [5.74, 6) is 0.477. The summed E-state index contributed by atoms with van der Waals surface area (Å²) in [7, 11) is 0. The first kappa shape index (κ1) is 13.2. The van der Waals surface area contributed by atoms with Crippen LogP contribution in [0, 0.1) is 0 Å². The van der Waals surface area contributed by atoms with Crippen molar-refractivity contribution in [3.05, 3.63) is 41.2 Å². The molecule has 1 amide bonds. The van der Waals surface area contributed by atoms with Gasteiger partial charge in [0.15, 0.2) is 5.82 Å². The molecular weight excluding hydrogens is 242 g/mol. The number of benzene rings is 1. The molecule has 19 heavy (non-hydrogen) atoms. The van der Waals surface area contributed by atoms with Gasteiger partial charge in [-0.1, -0.05) is 36.4 Å². The molecule has 1 heterocycles. The molecule has 0 aliphatic heterocycles. The van der Waals surface area contributed by atoms with Crippen molar-refractivity contribution in [3.8, 4) is 0 Å². The molecule has 0 bridgehead atoms. The number of tetrazole rings is 1. The van der Waals surface area contributed by atoms with Crippen molar-refractivity contribution in [3.63, 3.8) is 0 Å². The van der Waals surface area contributed by atoms with Gasteiger partial charge in [-0.15, -0.1) is 10.2 Å². The molecule has 0 aliphatic carbocycles. The lowest BCUT2D eigenvalue weighted by atomic mass is 10.1. The zero-order valence-electron chi connectivity index (χ0n) is 10.9. The summed E-state index contributed by atoms with van der Waals surface area (Å²) in [6.45, 7) is 2.44. The highest BCUT2D eigenvalue weighted by molar-refractivity contribution is 5.76. The van der Waals surface area contributed by atoms with Crippen LogP contribution in [-0.2, 0) is 24.2 Å². The quantitative estimate of drug-likeness (QED) is 0.811. The number of rotatable bonds is 6. The summed E-state index contributed by atoms with van der Waals surface area (Å²) in [5, 5.41) is 16.0. The maximum absolute atomic E-state index is 11.6. The van der Waals surface area contributed by atoms with Gasteiger partial charge in [-0.05, 0) is 24.0 Å². The van der Waals surface area contributed by atoms with Crippen molar-refractivity contribution in [1.82, 2.24) is 25.9 Å². The van der Waals surface area contributed by atoms with Gasteiger partial charge in [0.05, 0.1) is 6.54 Å². The van der Waals surface area contributed by atoms with E-state index < -0.39 is 0 Å². The summed E-state index contributed by atoms with van der Waals surface area (Å²) in [6.07, 6.45) is 2.23. The average Bonchev–Trinajstić information content (AvgIpc) is 2.96. The summed E-state index contributed by atoms with van der Waals surface area (Å²) >= 11 is 0. The maximum atomic E-state index is 11.6. The Morgan fingerprint density at radius 2 is 2.00 bits per heavy atom. The van der Waals surface area contributed by atoms with Crippen LogP contribution in [-0.4, -0.2) is 26.5 Å². The van der Waals surface area contributed by atoms with Gasteiger partial charge in [-0.2, -0.15) is 5.21 Å². The molecule has 100 valence electrons. The molecule has 0 aliphatic rings. The molecule has 6 heteroatoms. The standard InChI is InChI=1S/C13H17N5O/c1-2-10-3-5-11(6-4-10)7-8-13(19)14-9-12-15-17-18-16-12/h3-6H,2,7-9H2,1H3,(H,14,19)(H,15,16,17,18). The van der Waals surface area contributed by atoms with Gasteiger partial charge in [0.2, 0.25) is 5.91 Å². The molecule has 0 saturated heterocycles. The van der Waals surface area contributed by atoms with Crippen molar-refractivity contribution < 1.29 is 4.79 Å². The monoisotopic (exact) mass is 259 g/mol. The second-order valence-corrected chi connectivity index (χ2v) is 4.27. The molecule has 2 N–H and O–H groups in total. The van der Waals surface area contributed by atoms with Gasteiger partial charge < -0.3 is 5.32 Å². The van der Waals surface area contributed by atoms with Crippen LogP contribution in [0.2, 0.25) is 0 Å². The van der Waals surface area contributed by atoms with Crippen LogP contribution < -0.4 is 5.32 Å². The topological polar surface area (TPSA) is 83.6 Å². The van der Waals surface area contributed by atoms with Crippen LogP contribution in [0.3, 0.4) is 0 Å². The maximum Gasteiger partial charge on any atom is 0.220 e. The molecule has 0 fully saturated rings. The molecule has 0 atom stereocenters. The summed E-state index contributed by atoms with van der Waals surface area (Å²) in [5.41, 5.74) is 2.48. The van der Waals surface area contributed by atoms with E-state index in [1.807, 2.05) is 0 Å². The Hall–Kier alpha value is -2.24. The van der Waals surface area contributed by atoms with E-state index in [0.29, 0.717) is 18.8 Å². The van der Waals surface area contributed by atoms with Crippen molar-refractivity contribution in [2.45, 2.75) is 32.7 Å². The molecule has 2 rings (SSSR count). The van der Waals surface area contributed by atoms with E-state index in [-0.39, 0.29) is 5.91 Å². The number of carbonyl (C=O) groups is 1. The van der Waals surface area contributed by atoms with Crippen LogP contribution >= 0.6 is 0 Å². The molecule has 6 nitrogen and oxygen atoms in total. The summed E-state index contributed by atoms with van der Waals surface area (Å²) in [6, 6.07) is 8.36. The number of nitrogens with zero attached hydrogens (tertiary/aromatic N) is 3. The fourth-order valence-electron chi connectivity index (χ4n) is 1.72. The predicted octanol–water partition coefficient (Wildman–Crippen LogP) is 1.01. The van der Waals surface area contributed by atoms with Gasteiger partial charge in [0, 0.05) is 6.42 Å².